The third-order valence-electron chi connectivity index (χ3n) is 6.51. The molecule has 2 aliphatic rings. The minimum Gasteiger partial charge on any atom is -0.493 e. The molecule has 2 atom stereocenters. The molecule has 10 heteroatoms. The maximum Gasteiger partial charge on any atom is 0.326 e. The topological polar surface area (TPSA) is 134 Å². The summed E-state index contributed by atoms with van der Waals surface area (Å²) >= 11 is 0. The summed E-state index contributed by atoms with van der Waals surface area (Å²) in [4.78, 5) is 52.2. The molecule has 2 aromatic carbocycles. The maximum absolute atomic E-state index is 13.0. The minimum atomic E-state index is -1.23. The molecule has 37 heavy (non-hydrogen) atoms. The van der Waals surface area contributed by atoms with Gasteiger partial charge in [-0.3, -0.25) is 14.4 Å². The molecule has 0 aromatic heterocycles. The van der Waals surface area contributed by atoms with Crippen molar-refractivity contribution in [1.82, 2.24) is 15.5 Å². The van der Waals surface area contributed by atoms with Gasteiger partial charge in [-0.1, -0.05) is 24.3 Å². The Hall–Kier alpha value is -4.08. The molecule has 3 N–H and O–H groups in total. The maximum atomic E-state index is 13.0. The Morgan fingerprint density at radius 1 is 0.892 bits per heavy atom. The van der Waals surface area contributed by atoms with Crippen LogP contribution in [0.3, 0.4) is 0 Å². The summed E-state index contributed by atoms with van der Waals surface area (Å²) in [5.74, 6) is -1.54. The summed E-state index contributed by atoms with van der Waals surface area (Å²) in [5, 5.41) is 15.1. The van der Waals surface area contributed by atoms with Gasteiger partial charge in [-0.15, -0.1) is 0 Å². The van der Waals surface area contributed by atoms with Crippen LogP contribution in [0.5, 0.6) is 11.5 Å². The molecule has 0 bridgehead atoms. The lowest BCUT2D eigenvalue weighted by atomic mass is 10.1. The summed E-state index contributed by atoms with van der Waals surface area (Å²) in [6, 6.07) is 12.1. The van der Waals surface area contributed by atoms with Crippen LogP contribution >= 0.6 is 0 Å². The number of fused-ring (bicyclic) bond motifs is 3. The molecule has 3 amide bonds. The highest BCUT2D eigenvalue weighted by atomic mass is 16.5. The number of amides is 3. The van der Waals surface area contributed by atoms with Gasteiger partial charge in [0.2, 0.25) is 5.91 Å². The summed E-state index contributed by atoms with van der Waals surface area (Å²) in [7, 11) is 0. The molecule has 196 valence electrons. The molecule has 2 heterocycles. The highest BCUT2D eigenvalue weighted by molar-refractivity contribution is 5.99. The molecule has 1 saturated heterocycles. The van der Waals surface area contributed by atoms with Crippen LogP contribution in [0.25, 0.3) is 0 Å². The van der Waals surface area contributed by atoms with E-state index in [9.17, 15) is 24.3 Å². The first-order valence-electron chi connectivity index (χ1n) is 12.5. The van der Waals surface area contributed by atoms with Crippen molar-refractivity contribution in [1.29, 1.82) is 0 Å². The smallest absolute Gasteiger partial charge is 0.326 e. The average molecular weight is 510 g/mol. The average Bonchev–Trinajstić information content (AvgIpc) is 3.38. The number of para-hydroxylation sites is 2. The first-order valence-corrected chi connectivity index (χ1v) is 12.5. The molecule has 2 aromatic rings. The number of nitrogens with one attached hydrogen (secondary N) is 2. The van der Waals surface area contributed by atoms with E-state index in [1.165, 1.54) is 0 Å². The van der Waals surface area contributed by atoms with E-state index in [0.29, 0.717) is 36.6 Å². The van der Waals surface area contributed by atoms with Crippen molar-refractivity contribution >= 4 is 23.7 Å². The Balaban J connectivity index is 1.56. The summed E-state index contributed by atoms with van der Waals surface area (Å²) in [5.41, 5.74) is 0.601. The second-order valence-electron chi connectivity index (χ2n) is 9.05. The van der Waals surface area contributed by atoms with Gasteiger partial charge in [0.05, 0.1) is 23.8 Å². The highest BCUT2D eigenvalue weighted by Gasteiger charge is 2.31. The fraction of sp³-hybridized carbons (Fsp3) is 0.407. The second kappa shape index (κ2) is 12.2. The largest absolute Gasteiger partial charge is 0.493 e. The molecule has 4 rings (SSSR count). The van der Waals surface area contributed by atoms with Crippen LogP contribution in [0.15, 0.2) is 48.5 Å². The van der Waals surface area contributed by atoms with E-state index in [1.807, 2.05) is 0 Å². The van der Waals surface area contributed by atoms with E-state index in [1.54, 1.807) is 53.4 Å². The summed E-state index contributed by atoms with van der Waals surface area (Å²) < 4.78 is 11.7. The van der Waals surface area contributed by atoms with Crippen LogP contribution in [0.4, 0.5) is 0 Å². The number of benzene rings is 2. The zero-order valence-corrected chi connectivity index (χ0v) is 20.5. The molecule has 0 radical (unpaired) electrons. The molecule has 1 fully saturated rings. The highest BCUT2D eigenvalue weighted by Crippen LogP contribution is 2.24. The first-order chi connectivity index (χ1) is 17.9. The number of rotatable bonds is 1. The number of carboxylic acid groups (broad SMARTS) is 1. The van der Waals surface area contributed by atoms with Gasteiger partial charge in [0.25, 0.3) is 11.8 Å². The number of carbonyl (C=O) groups excluding carboxylic acids is 3. The Bertz CT molecular complexity index is 1150. The van der Waals surface area contributed by atoms with Gasteiger partial charge >= 0.3 is 5.97 Å². The van der Waals surface area contributed by atoms with Crippen molar-refractivity contribution in [3.8, 4) is 11.5 Å². The van der Waals surface area contributed by atoms with Crippen molar-refractivity contribution in [2.45, 2.75) is 44.2 Å². The molecule has 0 spiro atoms. The molecule has 2 aliphatic heterocycles. The van der Waals surface area contributed by atoms with E-state index >= 15 is 0 Å². The van der Waals surface area contributed by atoms with Gasteiger partial charge in [-0.25, -0.2) is 4.79 Å². The standard InChI is InChI=1S/C27H31N3O7/c31-24-13-12-21(27(34)35)29-26(33)20-9-2-3-10-22(20)36-16-6-14-28-25(32)19-8-1-4-11-23(19)37-17-18-7-5-15-30(18)24/h1-4,8-11,18,21H,5-7,12-17H2,(H,28,32)(H,29,33)(H,34,35)/t18-,21-/m0/s1. The van der Waals surface area contributed by atoms with Gasteiger partial charge in [0.1, 0.15) is 24.1 Å². The number of nitrogens with zero attached hydrogens (tertiary/aromatic N) is 1. The number of carboxylic acids is 1. The number of hydrogen-bond donors (Lipinski definition) is 3. The number of ether oxygens (including phenoxy) is 2. The quantitative estimate of drug-likeness (QED) is 0.537. The molecule has 0 saturated carbocycles. The Morgan fingerprint density at radius 3 is 2.30 bits per heavy atom. The third kappa shape index (κ3) is 6.58. The van der Waals surface area contributed by atoms with Crippen LogP contribution in [-0.2, 0) is 9.59 Å². The minimum absolute atomic E-state index is 0.0368. The number of carbonyl (C=O) groups is 4. The predicted molar refractivity (Wildman–Crippen MR) is 134 cm³/mol. The zero-order valence-electron chi connectivity index (χ0n) is 20.5. The SMILES string of the molecule is O=C1NCCCOc2ccccc2C(=O)N[C@H](C(=O)O)CCC(=O)N2CCC[C@H]2COc2ccccc21. The van der Waals surface area contributed by atoms with Gasteiger partial charge < -0.3 is 30.1 Å². The predicted octanol–water partition coefficient (Wildman–Crippen LogP) is 2.23. The van der Waals surface area contributed by atoms with Crippen LogP contribution < -0.4 is 20.1 Å². The second-order valence-corrected chi connectivity index (χ2v) is 9.05. The van der Waals surface area contributed by atoms with Crippen molar-refractivity contribution in [2.24, 2.45) is 0 Å². The van der Waals surface area contributed by atoms with E-state index in [0.717, 1.165) is 12.8 Å². The number of aliphatic carboxylic acids is 1. The number of hydrogen-bond acceptors (Lipinski definition) is 6. The third-order valence-corrected chi connectivity index (χ3v) is 6.51. The lowest BCUT2D eigenvalue weighted by molar-refractivity contribution is -0.139. The van der Waals surface area contributed by atoms with Gasteiger partial charge in [-0.05, 0) is 49.9 Å². The summed E-state index contributed by atoms with van der Waals surface area (Å²) in [6.07, 6.45) is 1.95. The Morgan fingerprint density at radius 2 is 1.57 bits per heavy atom. The van der Waals surface area contributed by atoms with Crippen molar-refractivity contribution in [3.63, 3.8) is 0 Å². The van der Waals surface area contributed by atoms with E-state index in [-0.39, 0.29) is 49.5 Å². The fourth-order valence-corrected chi connectivity index (χ4v) is 4.54. The first kappa shape index (κ1) is 26.0. The molecule has 0 unspecified atom stereocenters. The van der Waals surface area contributed by atoms with Crippen LogP contribution in [0.2, 0.25) is 0 Å². The van der Waals surface area contributed by atoms with Gasteiger partial charge in [0, 0.05) is 19.5 Å². The Labute approximate surface area is 214 Å². The normalized spacial score (nSPS) is 21.7. The van der Waals surface area contributed by atoms with E-state index in [2.05, 4.69) is 10.6 Å². The molecular formula is C27H31N3O7. The van der Waals surface area contributed by atoms with Gasteiger partial charge in [0.15, 0.2) is 0 Å². The lowest BCUT2D eigenvalue weighted by Gasteiger charge is -2.26. The van der Waals surface area contributed by atoms with Gasteiger partial charge in [-0.2, -0.15) is 0 Å². The van der Waals surface area contributed by atoms with Crippen LogP contribution in [-0.4, -0.2) is 72.1 Å². The fourth-order valence-electron chi connectivity index (χ4n) is 4.54. The van der Waals surface area contributed by atoms with Crippen molar-refractivity contribution in [2.75, 3.05) is 26.3 Å². The summed E-state index contributed by atoms with van der Waals surface area (Å²) in [6.45, 7) is 1.34. The monoisotopic (exact) mass is 509 g/mol. The van der Waals surface area contributed by atoms with E-state index in [4.69, 9.17) is 9.47 Å². The van der Waals surface area contributed by atoms with E-state index < -0.39 is 17.9 Å². The van der Waals surface area contributed by atoms with Crippen LogP contribution in [0, 0.1) is 0 Å². The molecular weight excluding hydrogens is 478 g/mol. The van der Waals surface area contributed by atoms with Crippen molar-refractivity contribution < 1.29 is 33.8 Å². The zero-order chi connectivity index (χ0) is 26.2. The Kier molecular flexibility index (Phi) is 8.60. The van der Waals surface area contributed by atoms with Crippen LogP contribution in [0.1, 0.15) is 52.8 Å². The lowest BCUT2D eigenvalue weighted by Crippen LogP contribution is -2.43. The molecule has 10 nitrogen and oxygen atoms in total. The molecule has 0 aliphatic carbocycles. The van der Waals surface area contributed by atoms with Crippen molar-refractivity contribution in [3.05, 3.63) is 59.7 Å².